The minimum Gasteiger partial charge on any atom is -0.481 e. The molecule has 0 aliphatic carbocycles. The summed E-state index contributed by atoms with van der Waals surface area (Å²) in [6.07, 6.45) is 1.22. The molecule has 3 rings (SSSR count). The van der Waals surface area contributed by atoms with Crippen molar-refractivity contribution in [3.63, 3.8) is 0 Å². The maximum Gasteiger partial charge on any atom is 0.324 e. The van der Waals surface area contributed by atoms with Crippen LogP contribution in [0.25, 0.3) is 11.4 Å². The van der Waals surface area contributed by atoms with Gasteiger partial charge in [0.25, 0.3) is 0 Å². The number of aromatic nitrogens is 2. The van der Waals surface area contributed by atoms with Crippen LogP contribution in [0.3, 0.4) is 0 Å². The van der Waals surface area contributed by atoms with E-state index in [9.17, 15) is 4.79 Å². The summed E-state index contributed by atoms with van der Waals surface area (Å²) in [5.41, 5.74) is 2.09. The van der Waals surface area contributed by atoms with Gasteiger partial charge >= 0.3 is 12.0 Å². The molecule has 21 heavy (non-hydrogen) atoms. The Kier molecular flexibility index (Phi) is 3.60. The number of benzene rings is 1. The molecule has 0 amide bonds. The third-order valence-corrected chi connectivity index (χ3v) is 3.84. The molecule has 0 saturated carbocycles. The number of anilines is 1. The van der Waals surface area contributed by atoms with Crippen molar-refractivity contribution in [3.05, 3.63) is 29.8 Å². The van der Waals surface area contributed by atoms with Crippen LogP contribution in [0, 0.1) is 12.8 Å². The van der Waals surface area contributed by atoms with Crippen molar-refractivity contribution in [2.24, 2.45) is 5.92 Å². The molecule has 6 nitrogen and oxygen atoms in total. The molecule has 1 fully saturated rings. The van der Waals surface area contributed by atoms with Crippen LogP contribution in [0.15, 0.2) is 28.8 Å². The van der Waals surface area contributed by atoms with Gasteiger partial charge in [0.15, 0.2) is 0 Å². The quantitative estimate of drug-likeness (QED) is 0.933. The maximum atomic E-state index is 10.9. The van der Waals surface area contributed by atoms with E-state index in [0.29, 0.717) is 37.8 Å². The lowest BCUT2D eigenvalue weighted by molar-refractivity contribution is -0.142. The van der Waals surface area contributed by atoms with Gasteiger partial charge in [0, 0.05) is 18.7 Å². The summed E-state index contributed by atoms with van der Waals surface area (Å²) in [5.74, 6) is -0.424. The van der Waals surface area contributed by atoms with Gasteiger partial charge in [-0.25, -0.2) is 0 Å². The summed E-state index contributed by atoms with van der Waals surface area (Å²) in [7, 11) is 0. The lowest BCUT2D eigenvalue weighted by Gasteiger charge is -2.28. The fourth-order valence-electron chi connectivity index (χ4n) is 2.48. The van der Waals surface area contributed by atoms with E-state index >= 15 is 0 Å². The van der Waals surface area contributed by atoms with Crippen LogP contribution in [0.4, 0.5) is 6.01 Å². The lowest BCUT2D eigenvalue weighted by atomic mass is 9.97. The standard InChI is InChI=1S/C15H17N3O3/c1-10-2-4-11(5-3-10)13-16-15(21-17-13)18-8-6-12(7-9-18)14(19)20/h2-5,12H,6-9H2,1H3,(H,19,20). The molecule has 1 N–H and O–H groups in total. The van der Waals surface area contributed by atoms with Crippen molar-refractivity contribution in [1.82, 2.24) is 10.1 Å². The number of rotatable bonds is 3. The van der Waals surface area contributed by atoms with Crippen molar-refractivity contribution in [2.75, 3.05) is 18.0 Å². The third kappa shape index (κ3) is 2.89. The van der Waals surface area contributed by atoms with Crippen molar-refractivity contribution in [1.29, 1.82) is 0 Å². The predicted molar refractivity (Wildman–Crippen MR) is 77.0 cm³/mol. The molecule has 1 aliphatic rings. The maximum absolute atomic E-state index is 10.9. The summed E-state index contributed by atoms with van der Waals surface area (Å²) < 4.78 is 5.30. The van der Waals surface area contributed by atoms with Crippen molar-refractivity contribution in [3.8, 4) is 11.4 Å². The third-order valence-electron chi connectivity index (χ3n) is 3.84. The Labute approximate surface area is 122 Å². The highest BCUT2D eigenvalue weighted by atomic mass is 16.5. The number of nitrogens with zero attached hydrogens (tertiary/aromatic N) is 3. The number of aliphatic carboxylic acids is 1. The SMILES string of the molecule is Cc1ccc(-c2noc(N3CCC(C(=O)O)CC3)n2)cc1. The zero-order chi connectivity index (χ0) is 14.8. The van der Waals surface area contributed by atoms with Gasteiger partial charge in [-0.3, -0.25) is 4.79 Å². The number of hydrogen-bond donors (Lipinski definition) is 1. The van der Waals surface area contributed by atoms with Crippen LogP contribution >= 0.6 is 0 Å². The van der Waals surface area contributed by atoms with Crippen LogP contribution in [0.1, 0.15) is 18.4 Å². The Hall–Kier alpha value is -2.37. The second-order valence-corrected chi connectivity index (χ2v) is 5.37. The van der Waals surface area contributed by atoms with Crippen molar-refractivity contribution >= 4 is 12.0 Å². The van der Waals surface area contributed by atoms with Gasteiger partial charge in [0.1, 0.15) is 0 Å². The molecule has 1 aliphatic heterocycles. The smallest absolute Gasteiger partial charge is 0.324 e. The summed E-state index contributed by atoms with van der Waals surface area (Å²) in [6.45, 7) is 3.29. The first-order valence-corrected chi connectivity index (χ1v) is 7.02. The van der Waals surface area contributed by atoms with Gasteiger partial charge in [-0.1, -0.05) is 35.0 Å². The number of hydrogen-bond acceptors (Lipinski definition) is 5. The highest BCUT2D eigenvalue weighted by Crippen LogP contribution is 2.24. The van der Waals surface area contributed by atoms with Crippen LogP contribution in [0.2, 0.25) is 0 Å². The minimum absolute atomic E-state index is 0.263. The zero-order valence-electron chi connectivity index (χ0n) is 11.8. The summed E-state index contributed by atoms with van der Waals surface area (Å²) in [5, 5.41) is 13.0. The molecule has 1 aromatic carbocycles. The van der Waals surface area contributed by atoms with E-state index in [1.54, 1.807) is 0 Å². The highest BCUT2D eigenvalue weighted by Gasteiger charge is 2.27. The average molecular weight is 287 g/mol. The van der Waals surface area contributed by atoms with E-state index in [1.807, 2.05) is 36.1 Å². The molecule has 1 saturated heterocycles. The Bertz CT molecular complexity index is 628. The molecule has 1 aromatic heterocycles. The van der Waals surface area contributed by atoms with E-state index in [4.69, 9.17) is 9.63 Å². The topological polar surface area (TPSA) is 79.5 Å². The molecular weight excluding hydrogens is 270 g/mol. The van der Waals surface area contributed by atoms with Gasteiger partial charge < -0.3 is 14.5 Å². The number of carbonyl (C=O) groups is 1. The molecule has 0 spiro atoms. The Morgan fingerprint density at radius 2 is 1.95 bits per heavy atom. The molecule has 6 heteroatoms. The number of piperidine rings is 1. The number of aryl methyl sites for hydroxylation is 1. The van der Waals surface area contributed by atoms with E-state index < -0.39 is 5.97 Å². The summed E-state index contributed by atoms with van der Waals surface area (Å²) in [4.78, 5) is 17.3. The fraction of sp³-hybridized carbons (Fsp3) is 0.400. The first-order chi connectivity index (χ1) is 10.1. The normalized spacial score (nSPS) is 16.1. The Morgan fingerprint density at radius 1 is 1.29 bits per heavy atom. The lowest BCUT2D eigenvalue weighted by Crippen LogP contribution is -2.36. The monoisotopic (exact) mass is 287 g/mol. The Balaban J connectivity index is 1.71. The molecule has 2 heterocycles. The second-order valence-electron chi connectivity index (χ2n) is 5.37. The van der Waals surface area contributed by atoms with E-state index in [2.05, 4.69) is 10.1 Å². The first kappa shape index (κ1) is 13.6. The van der Waals surface area contributed by atoms with E-state index in [1.165, 1.54) is 5.56 Å². The molecule has 0 bridgehead atoms. The van der Waals surface area contributed by atoms with Crippen LogP contribution < -0.4 is 4.90 Å². The van der Waals surface area contributed by atoms with Gasteiger partial charge in [-0.15, -0.1) is 0 Å². The molecule has 2 aromatic rings. The molecule has 0 unspecified atom stereocenters. The fourth-order valence-corrected chi connectivity index (χ4v) is 2.48. The van der Waals surface area contributed by atoms with Gasteiger partial charge in [-0.2, -0.15) is 4.98 Å². The van der Waals surface area contributed by atoms with Gasteiger partial charge in [-0.05, 0) is 19.8 Å². The second kappa shape index (κ2) is 5.55. The van der Waals surface area contributed by atoms with Crippen LogP contribution in [-0.2, 0) is 4.79 Å². The largest absolute Gasteiger partial charge is 0.481 e. The molecule has 0 radical (unpaired) electrons. The molecular formula is C15H17N3O3. The summed E-state index contributed by atoms with van der Waals surface area (Å²) in [6, 6.07) is 8.39. The van der Waals surface area contributed by atoms with E-state index in [0.717, 1.165) is 5.56 Å². The number of carboxylic acid groups (broad SMARTS) is 1. The predicted octanol–water partition coefficient (Wildman–Crippen LogP) is 2.35. The van der Waals surface area contributed by atoms with Crippen molar-refractivity contribution in [2.45, 2.75) is 19.8 Å². The zero-order valence-corrected chi connectivity index (χ0v) is 11.8. The van der Waals surface area contributed by atoms with Crippen LogP contribution in [-0.4, -0.2) is 34.3 Å². The van der Waals surface area contributed by atoms with Crippen LogP contribution in [0.5, 0.6) is 0 Å². The molecule has 0 atom stereocenters. The van der Waals surface area contributed by atoms with Gasteiger partial charge in [0.2, 0.25) is 5.82 Å². The number of carboxylic acids is 1. The highest BCUT2D eigenvalue weighted by molar-refractivity contribution is 5.70. The first-order valence-electron chi connectivity index (χ1n) is 7.02. The Morgan fingerprint density at radius 3 is 2.57 bits per heavy atom. The van der Waals surface area contributed by atoms with Crippen molar-refractivity contribution < 1.29 is 14.4 Å². The average Bonchev–Trinajstić information content (AvgIpc) is 2.98. The minimum atomic E-state index is -0.722. The van der Waals surface area contributed by atoms with E-state index in [-0.39, 0.29) is 5.92 Å². The van der Waals surface area contributed by atoms with Gasteiger partial charge in [0.05, 0.1) is 5.92 Å². The molecule has 110 valence electrons. The summed E-state index contributed by atoms with van der Waals surface area (Å²) >= 11 is 0.